The molecule has 1 heterocycles. The first kappa shape index (κ1) is 12.5. The highest BCUT2D eigenvalue weighted by molar-refractivity contribution is 6.12. The molecule has 0 aliphatic heterocycles. The second-order valence-corrected chi connectivity index (χ2v) is 4.95. The average molecular weight is 264 g/mol. The monoisotopic (exact) mass is 264 g/mol. The standard InChI is InChI=1S/C17H16N2O/c1-12-5-3-7-14(11-12)19(2)17(20)15-8-4-6-13-9-10-18-16(13)15/h3-11,18H,1-2H3. The number of rotatable bonds is 2. The molecule has 3 nitrogen and oxygen atoms in total. The molecule has 1 amide bonds. The summed E-state index contributed by atoms with van der Waals surface area (Å²) in [5.74, 6) is -0.0105. The van der Waals surface area contributed by atoms with Gasteiger partial charge in [-0.3, -0.25) is 4.79 Å². The number of benzene rings is 2. The maximum Gasteiger partial charge on any atom is 0.260 e. The number of aromatic nitrogens is 1. The molecule has 100 valence electrons. The van der Waals surface area contributed by atoms with E-state index in [4.69, 9.17) is 0 Å². The number of para-hydroxylation sites is 1. The zero-order valence-corrected chi connectivity index (χ0v) is 11.6. The van der Waals surface area contributed by atoms with Gasteiger partial charge in [0.2, 0.25) is 0 Å². The number of amides is 1. The molecular formula is C17H16N2O. The lowest BCUT2D eigenvalue weighted by Crippen LogP contribution is -2.26. The summed E-state index contributed by atoms with van der Waals surface area (Å²) in [6.45, 7) is 2.02. The Morgan fingerprint density at radius 2 is 1.90 bits per heavy atom. The molecule has 0 radical (unpaired) electrons. The van der Waals surface area contributed by atoms with E-state index in [1.54, 1.807) is 11.9 Å². The van der Waals surface area contributed by atoms with Crippen molar-refractivity contribution in [1.82, 2.24) is 4.98 Å². The normalized spacial score (nSPS) is 10.7. The number of hydrogen-bond acceptors (Lipinski definition) is 1. The van der Waals surface area contributed by atoms with Crippen molar-refractivity contribution in [2.24, 2.45) is 0 Å². The van der Waals surface area contributed by atoms with Crippen LogP contribution in [0.2, 0.25) is 0 Å². The van der Waals surface area contributed by atoms with E-state index >= 15 is 0 Å². The third kappa shape index (κ3) is 2.07. The average Bonchev–Trinajstić information content (AvgIpc) is 2.94. The number of aromatic amines is 1. The lowest BCUT2D eigenvalue weighted by Gasteiger charge is -2.18. The van der Waals surface area contributed by atoms with Crippen LogP contribution in [0.25, 0.3) is 10.9 Å². The van der Waals surface area contributed by atoms with Crippen LogP contribution in [0, 0.1) is 6.92 Å². The smallest absolute Gasteiger partial charge is 0.260 e. The summed E-state index contributed by atoms with van der Waals surface area (Å²) in [7, 11) is 1.80. The van der Waals surface area contributed by atoms with Crippen molar-refractivity contribution in [3.63, 3.8) is 0 Å². The minimum absolute atomic E-state index is 0.0105. The van der Waals surface area contributed by atoms with Gasteiger partial charge in [-0.1, -0.05) is 24.3 Å². The maximum absolute atomic E-state index is 12.7. The Kier molecular flexibility index (Phi) is 3.03. The van der Waals surface area contributed by atoms with E-state index in [0.717, 1.165) is 22.2 Å². The number of nitrogens with one attached hydrogen (secondary N) is 1. The first-order chi connectivity index (χ1) is 9.66. The van der Waals surface area contributed by atoms with Gasteiger partial charge in [0.25, 0.3) is 5.91 Å². The van der Waals surface area contributed by atoms with Gasteiger partial charge in [-0.05, 0) is 36.8 Å². The minimum atomic E-state index is -0.0105. The van der Waals surface area contributed by atoms with Gasteiger partial charge in [0.15, 0.2) is 0 Å². The molecule has 0 atom stereocenters. The number of carbonyl (C=O) groups excluding carboxylic acids is 1. The Hall–Kier alpha value is -2.55. The van der Waals surface area contributed by atoms with E-state index < -0.39 is 0 Å². The molecular weight excluding hydrogens is 248 g/mol. The number of nitrogens with zero attached hydrogens (tertiary/aromatic N) is 1. The number of H-pyrrole nitrogens is 1. The highest BCUT2D eigenvalue weighted by Crippen LogP contribution is 2.21. The fourth-order valence-corrected chi connectivity index (χ4v) is 2.40. The highest BCUT2D eigenvalue weighted by Gasteiger charge is 2.16. The molecule has 0 fully saturated rings. The summed E-state index contributed by atoms with van der Waals surface area (Å²) >= 11 is 0. The maximum atomic E-state index is 12.7. The van der Waals surface area contributed by atoms with Crippen molar-refractivity contribution in [2.75, 3.05) is 11.9 Å². The molecule has 1 aromatic heterocycles. The van der Waals surface area contributed by atoms with Crippen LogP contribution in [-0.2, 0) is 0 Å². The van der Waals surface area contributed by atoms with Crippen molar-refractivity contribution in [3.05, 3.63) is 65.9 Å². The summed E-state index contributed by atoms with van der Waals surface area (Å²) in [5, 5.41) is 1.05. The minimum Gasteiger partial charge on any atom is -0.361 e. The van der Waals surface area contributed by atoms with Crippen LogP contribution in [-0.4, -0.2) is 17.9 Å². The zero-order chi connectivity index (χ0) is 14.1. The second kappa shape index (κ2) is 4.85. The summed E-state index contributed by atoms with van der Waals surface area (Å²) < 4.78 is 0. The fourth-order valence-electron chi connectivity index (χ4n) is 2.40. The Morgan fingerprint density at radius 1 is 1.10 bits per heavy atom. The van der Waals surface area contributed by atoms with E-state index in [1.165, 1.54) is 0 Å². The molecule has 1 N–H and O–H groups in total. The van der Waals surface area contributed by atoms with E-state index in [1.807, 2.05) is 61.7 Å². The Labute approximate surface area is 117 Å². The van der Waals surface area contributed by atoms with Crippen molar-refractivity contribution in [3.8, 4) is 0 Å². The quantitative estimate of drug-likeness (QED) is 0.751. The first-order valence-corrected chi connectivity index (χ1v) is 6.57. The van der Waals surface area contributed by atoms with E-state index in [9.17, 15) is 4.79 Å². The zero-order valence-electron chi connectivity index (χ0n) is 11.6. The van der Waals surface area contributed by atoms with Gasteiger partial charge in [0.1, 0.15) is 0 Å². The van der Waals surface area contributed by atoms with Crippen LogP contribution in [0.3, 0.4) is 0 Å². The van der Waals surface area contributed by atoms with Crippen molar-refractivity contribution in [1.29, 1.82) is 0 Å². The lowest BCUT2D eigenvalue weighted by molar-refractivity contribution is 0.0994. The molecule has 2 aromatic carbocycles. The molecule has 20 heavy (non-hydrogen) atoms. The van der Waals surface area contributed by atoms with Crippen LogP contribution in [0.1, 0.15) is 15.9 Å². The van der Waals surface area contributed by atoms with Gasteiger partial charge in [-0.25, -0.2) is 0 Å². The van der Waals surface area contributed by atoms with Crippen LogP contribution < -0.4 is 4.90 Å². The van der Waals surface area contributed by atoms with Crippen molar-refractivity contribution < 1.29 is 4.79 Å². The molecule has 0 spiro atoms. The van der Waals surface area contributed by atoms with E-state index in [0.29, 0.717) is 5.56 Å². The third-order valence-electron chi connectivity index (χ3n) is 3.51. The number of fused-ring (bicyclic) bond motifs is 1. The first-order valence-electron chi connectivity index (χ1n) is 6.57. The molecule has 3 rings (SSSR count). The van der Waals surface area contributed by atoms with Crippen LogP contribution >= 0.6 is 0 Å². The topological polar surface area (TPSA) is 36.1 Å². The second-order valence-electron chi connectivity index (χ2n) is 4.95. The van der Waals surface area contributed by atoms with Gasteiger partial charge in [-0.2, -0.15) is 0 Å². The Morgan fingerprint density at radius 3 is 2.70 bits per heavy atom. The van der Waals surface area contributed by atoms with Crippen molar-refractivity contribution in [2.45, 2.75) is 6.92 Å². The molecule has 0 unspecified atom stereocenters. The van der Waals surface area contributed by atoms with Gasteiger partial charge >= 0.3 is 0 Å². The summed E-state index contributed by atoms with van der Waals surface area (Å²) in [5.41, 5.74) is 3.62. The molecule has 3 aromatic rings. The largest absolute Gasteiger partial charge is 0.361 e. The molecule has 0 aliphatic rings. The fraction of sp³-hybridized carbons (Fsp3) is 0.118. The van der Waals surface area contributed by atoms with E-state index in [-0.39, 0.29) is 5.91 Å². The SMILES string of the molecule is Cc1cccc(N(C)C(=O)c2cccc3cc[nH]c23)c1. The third-order valence-corrected chi connectivity index (χ3v) is 3.51. The Bertz CT molecular complexity index is 773. The summed E-state index contributed by atoms with van der Waals surface area (Å²) in [6.07, 6.45) is 1.86. The van der Waals surface area contributed by atoms with Gasteiger partial charge in [0.05, 0.1) is 11.1 Å². The van der Waals surface area contributed by atoms with Gasteiger partial charge < -0.3 is 9.88 Å². The van der Waals surface area contributed by atoms with Crippen LogP contribution in [0.15, 0.2) is 54.7 Å². The van der Waals surface area contributed by atoms with Gasteiger partial charge in [0, 0.05) is 24.3 Å². The summed E-state index contributed by atoms with van der Waals surface area (Å²) in [4.78, 5) is 17.5. The molecule has 0 saturated heterocycles. The molecule has 0 aliphatic carbocycles. The highest BCUT2D eigenvalue weighted by atomic mass is 16.2. The predicted molar refractivity (Wildman–Crippen MR) is 82.2 cm³/mol. The van der Waals surface area contributed by atoms with Gasteiger partial charge in [-0.15, -0.1) is 0 Å². The Balaban J connectivity index is 2.02. The summed E-state index contributed by atoms with van der Waals surface area (Å²) in [6, 6.07) is 15.7. The van der Waals surface area contributed by atoms with Crippen LogP contribution in [0.4, 0.5) is 5.69 Å². The number of aryl methyl sites for hydroxylation is 1. The lowest BCUT2D eigenvalue weighted by atomic mass is 10.1. The number of anilines is 1. The number of hydrogen-bond donors (Lipinski definition) is 1. The van der Waals surface area contributed by atoms with Crippen molar-refractivity contribution >= 4 is 22.5 Å². The molecule has 0 bridgehead atoms. The molecule has 0 saturated carbocycles. The number of carbonyl (C=O) groups is 1. The predicted octanol–water partition coefficient (Wildman–Crippen LogP) is 3.75. The molecule has 3 heteroatoms. The van der Waals surface area contributed by atoms with E-state index in [2.05, 4.69) is 4.98 Å². The van der Waals surface area contributed by atoms with Crippen LogP contribution in [0.5, 0.6) is 0 Å².